The lowest BCUT2D eigenvalue weighted by molar-refractivity contribution is -0.116. The molecule has 0 saturated heterocycles. The average molecular weight is 390 g/mol. The van der Waals surface area contributed by atoms with Crippen molar-refractivity contribution in [2.75, 3.05) is 4.90 Å². The monoisotopic (exact) mass is 389 g/mol. The fraction of sp³-hybridized carbons (Fsp3) is 0.312. The molecule has 0 radical (unpaired) electrons. The number of pyridine rings is 1. The first-order chi connectivity index (χ1) is 12.2. The molecule has 1 amide bonds. The normalized spacial score (nSPS) is 13.8. The summed E-state index contributed by atoms with van der Waals surface area (Å²) in [4.78, 5) is 22.5. The highest BCUT2D eigenvalue weighted by Crippen LogP contribution is 2.36. The van der Waals surface area contributed by atoms with Gasteiger partial charge in [-0.05, 0) is 25.0 Å². The third-order valence-corrected chi connectivity index (χ3v) is 6.64. The van der Waals surface area contributed by atoms with Crippen molar-refractivity contribution in [1.29, 1.82) is 0 Å². The van der Waals surface area contributed by atoms with Gasteiger partial charge >= 0.3 is 0 Å². The second-order valence-corrected chi connectivity index (χ2v) is 8.65. The Morgan fingerprint density at radius 3 is 2.96 bits per heavy atom. The van der Waals surface area contributed by atoms with Crippen LogP contribution in [0.3, 0.4) is 0 Å². The van der Waals surface area contributed by atoms with Crippen LogP contribution in [0.25, 0.3) is 10.7 Å². The Bertz CT molecular complexity index is 875. The van der Waals surface area contributed by atoms with Crippen LogP contribution < -0.4 is 4.90 Å². The summed E-state index contributed by atoms with van der Waals surface area (Å²) >= 11 is 4.66. The zero-order chi connectivity index (χ0) is 17.2. The number of amides is 1. The molecule has 25 heavy (non-hydrogen) atoms. The van der Waals surface area contributed by atoms with Crippen LogP contribution in [0.15, 0.2) is 34.1 Å². The van der Waals surface area contributed by atoms with E-state index in [1.807, 2.05) is 23.6 Å². The number of thiazole rings is 1. The number of hydrogen-bond donors (Lipinski definition) is 0. The number of carbonyl (C=O) groups is 1. The minimum Gasteiger partial charge on any atom is -0.284 e. The molecule has 0 N–H and O–H groups in total. The van der Waals surface area contributed by atoms with Crippen LogP contribution >= 0.6 is 34.4 Å². The third kappa shape index (κ3) is 3.88. The summed E-state index contributed by atoms with van der Waals surface area (Å²) in [7, 11) is 0. The molecule has 0 aliphatic heterocycles. The van der Waals surface area contributed by atoms with Gasteiger partial charge in [0.1, 0.15) is 5.01 Å². The van der Waals surface area contributed by atoms with Gasteiger partial charge < -0.3 is 0 Å². The molecule has 9 heteroatoms. The van der Waals surface area contributed by atoms with E-state index in [0.29, 0.717) is 11.2 Å². The summed E-state index contributed by atoms with van der Waals surface area (Å²) in [6, 6.07) is 6.12. The number of hydrogen-bond acceptors (Lipinski definition) is 8. The number of rotatable bonds is 6. The number of carbonyl (C=O) groups excluding carboxylic acids is 1. The van der Waals surface area contributed by atoms with Crippen molar-refractivity contribution < 1.29 is 4.79 Å². The second kappa shape index (κ2) is 7.19. The van der Waals surface area contributed by atoms with Crippen molar-refractivity contribution in [3.63, 3.8) is 0 Å². The quantitative estimate of drug-likeness (QED) is 0.471. The molecular weight excluding hydrogens is 374 g/mol. The van der Waals surface area contributed by atoms with Gasteiger partial charge in [0.15, 0.2) is 4.34 Å². The van der Waals surface area contributed by atoms with E-state index in [0.717, 1.165) is 39.3 Å². The fourth-order valence-corrected chi connectivity index (χ4v) is 5.10. The molecule has 6 nitrogen and oxygen atoms in total. The van der Waals surface area contributed by atoms with Crippen LogP contribution in [-0.2, 0) is 10.5 Å². The van der Waals surface area contributed by atoms with E-state index >= 15 is 0 Å². The Morgan fingerprint density at radius 2 is 2.24 bits per heavy atom. The lowest BCUT2D eigenvalue weighted by Gasteiger charge is -2.15. The minimum atomic E-state index is 0.0368. The first-order valence-electron chi connectivity index (χ1n) is 7.82. The lowest BCUT2D eigenvalue weighted by Crippen LogP contribution is -2.30. The van der Waals surface area contributed by atoms with E-state index < -0.39 is 0 Å². The van der Waals surface area contributed by atoms with Gasteiger partial charge in [-0.25, -0.2) is 4.98 Å². The Labute approximate surface area is 157 Å². The predicted octanol–water partition coefficient (Wildman–Crippen LogP) is 3.86. The molecule has 3 aromatic rings. The Morgan fingerprint density at radius 1 is 1.36 bits per heavy atom. The largest absolute Gasteiger partial charge is 0.284 e. The zero-order valence-electron chi connectivity index (χ0n) is 13.5. The molecule has 1 saturated carbocycles. The number of thioether (sulfide) groups is 1. The van der Waals surface area contributed by atoms with E-state index in [-0.39, 0.29) is 5.91 Å². The van der Waals surface area contributed by atoms with Crippen LogP contribution in [0, 0.1) is 0 Å². The summed E-state index contributed by atoms with van der Waals surface area (Å²) in [6.45, 7) is 1.58. The van der Waals surface area contributed by atoms with Gasteiger partial charge in [-0.3, -0.25) is 14.7 Å². The molecule has 128 valence electrons. The standard InChI is InChI=1S/C16H15N5OS3/c1-10(22)21(12-5-6-12)15-19-20-16(25-15)24-9-11-8-23-14(18-11)13-4-2-3-7-17-13/h2-4,7-8,12H,5-6,9H2,1H3. The van der Waals surface area contributed by atoms with Crippen molar-refractivity contribution in [3.8, 4) is 10.7 Å². The summed E-state index contributed by atoms with van der Waals surface area (Å²) in [5, 5.41) is 12.1. The van der Waals surface area contributed by atoms with Gasteiger partial charge in [-0.15, -0.1) is 21.5 Å². The SMILES string of the molecule is CC(=O)N(c1nnc(SCc2csc(-c3ccccn3)n2)s1)C1CC1. The van der Waals surface area contributed by atoms with Gasteiger partial charge in [0.05, 0.1) is 11.4 Å². The molecule has 0 bridgehead atoms. The van der Waals surface area contributed by atoms with Gasteiger partial charge in [0, 0.05) is 30.3 Å². The molecular formula is C16H15N5OS3. The van der Waals surface area contributed by atoms with E-state index in [2.05, 4.69) is 20.2 Å². The first kappa shape index (κ1) is 16.6. The minimum absolute atomic E-state index is 0.0368. The van der Waals surface area contributed by atoms with Crippen LogP contribution in [-0.4, -0.2) is 32.1 Å². The van der Waals surface area contributed by atoms with Gasteiger partial charge in [0.25, 0.3) is 0 Å². The molecule has 0 atom stereocenters. The molecule has 1 aliphatic carbocycles. The summed E-state index contributed by atoms with van der Waals surface area (Å²) in [6.07, 6.45) is 3.88. The van der Waals surface area contributed by atoms with Crippen LogP contribution in [0.5, 0.6) is 0 Å². The van der Waals surface area contributed by atoms with Gasteiger partial charge in [0.2, 0.25) is 11.0 Å². The van der Waals surface area contributed by atoms with Crippen molar-refractivity contribution in [2.45, 2.75) is 35.9 Å². The number of aromatic nitrogens is 4. The van der Waals surface area contributed by atoms with Crippen molar-refractivity contribution in [3.05, 3.63) is 35.5 Å². The highest BCUT2D eigenvalue weighted by Gasteiger charge is 2.34. The molecule has 3 aromatic heterocycles. The average Bonchev–Trinajstić information content (AvgIpc) is 3.14. The maximum Gasteiger partial charge on any atom is 0.225 e. The zero-order valence-corrected chi connectivity index (χ0v) is 15.9. The smallest absolute Gasteiger partial charge is 0.225 e. The van der Waals surface area contributed by atoms with Gasteiger partial charge in [-0.2, -0.15) is 0 Å². The highest BCUT2D eigenvalue weighted by molar-refractivity contribution is 8.00. The molecule has 0 aromatic carbocycles. The maximum absolute atomic E-state index is 11.8. The Kier molecular flexibility index (Phi) is 4.78. The topological polar surface area (TPSA) is 71.9 Å². The van der Waals surface area contributed by atoms with Gasteiger partial charge in [-0.1, -0.05) is 29.2 Å². The summed E-state index contributed by atoms with van der Waals surface area (Å²) in [5.74, 6) is 0.760. The Hall–Kier alpha value is -1.84. The first-order valence-corrected chi connectivity index (χ1v) is 10.5. The molecule has 1 fully saturated rings. The molecule has 0 unspecified atom stereocenters. The van der Waals surface area contributed by atoms with Crippen molar-refractivity contribution in [1.82, 2.24) is 20.2 Å². The molecule has 4 rings (SSSR count). The lowest BCUT2D eigenvalue weighted by atomic mass is 10.4. The summed E-state index contributed by atoms with van der Waals surface area (Å²) < 4.78 is 0.856. The number of anilines is 1. The molecule has 3 heterocycles. The van der Waals surface area contributed by atoms with E-state index in [9.17, 15) is 4.79 Å². The van der Waals surface area contributed by atoms with Crippen molar-refractivity contribution >= 4 is 45.5 Å². The highest BCUT2D eigenvalue weighted by atomic mass is 32.2. The second-order valence-electron chi connectivity index (χ2n) is 5.62. The maximum atomic E-state index is 11.8. The fourth-order valence-electron chi connectivity index (χ4n) is 2.35. The summed E-state index contributed by atoms with van der Waals surface area (Å²) in [5.41, 5.74) is 1.89. The van der Waals surface area contributed by atoms with Crippen LogP contribution in [0.2, 0.25) is 0 Å². The number of nitrogens with zero attached hydrogens (tertiary/aromatic N) is 5. The van der Waals surface area contributed by atoms with Crippen LogP contribution in [0.1, 0.15) is 25.5 Å². The van der Waals surface area contributed by atoms with E-state index in [1.54, 1.807) is 41.1 Å². The molecule has 0 spiro atoms. The predicted molar refractivity (Wildman–Crippen MR) is 101 cm³/mol. The van der Waals surface area contributed by atoms with E-state index in [4.69, 9.17) is 0 Å². The van der Waals surface area contributed by atoms with Crippen LogP contribution in [0.4, 0.5) is 5.13 Å². The van der Waals surface area contributed by atoms with Crippen molar-refractivity contribution in [2.24, 2.45) is 0 Å². The van der Waals surface area contributed by atoms with E-state index in [1.165, 1.54) is 11.3 Å². The Balaban J connectivity index is 1.41. The third-order valence-electron chi connectivity index (χ3n) is 3.63. The molecule has 1 aliphatic rings.